The quantitative estimate of drug-likeness (QED) is 0.564. The molecule has 22 heavy (non-hydrogen) atoms. The van der Waals surface area contributed by atoms with Crippen molar-refractivity contribution in [1.82, 2.24) is 0 Å². The number of hydrogen-bond donors (Lipinski definition) is 0. The molecule has 0 aliphatic rings. The predicted molar refractivity (Wildman–Crippen MR) is 59.4 cm³/mol. The van der Waals surface area contributed by atoms with Gasteiger partial charge in [-0.1, -0.05) is 11.6 Å². The number of carbonyl (C=O) groups is 1. The second-order valence-corrected chi connectivity index (χ2v) is 4.18. The Labute approximate surface area is 123 Å². The van der Waals surface area contributed by atoms with Crippen molar-refractivity contribution in [2.24, 2.45) is 0 Å². The molecule has 0 saturated carbocycles. The van der Waals surface area contributed by atoms with Crippen LogP contribution in [0.15, 0.2) is 18.2 Å². The van der Waals surface area contributed by atoms with Crippen molar-refractivity contribution < 1.29 is 45.0 Å². The van der Waals surface area contributed by atoms with E-state index in [2.05, 4.69) is 9.47 Å². The normalized spacial score (nSPS) is 12.6. The number of halogens is 8. The minimum atomic E-state index is -5.07. The van der Waals surface area contributed by atoms with Gasteiger partial charge in [0.05, 0.1) is 5.02 Å². The van der Waals surface area contributed by atoms with Crippen LogP contribution in [0.3, 0.4) is 0 Å². The van der Waals surface area contributed by atoms with Gasteiger partial charge in [0, 0.05) is 5.56 Å². The number of Topliss-reactive ketones (excluding diaryl/α,β-unsaturated/α-hetero) is 1. The van der Waals surface area contributed by atoms with E-state index in [1.54, 1.807) is 0 Å². The maximum absolute atomic E-state index is 13.2. The fourth-order valence-electron chi connectivity index (χ4n) is 1.25. The SMILES string of the molecule is O=C(c1ccc(OC(F)F)cc1Cl)C(F)(F)OCC(F)(F)F. The van der Waals surface area contributed by atoms with Crippen LogP contribution in [0.4, 0.5) is 30.7 Å². The van der Waals surface area contributed by atoms with Gasteiger partial charge in [-0.3, -0.25) is 4.79 Å². The van der Waals surface area contributed by atoms with E-state index in [9.17, 15) is 35.5 Å². The highest BCUT2D eigenvalue weighted by molar-refractivity contribution is 6.34. The van der Waals surface area contributed by atoms with Gasteiger partial charge in [-0.15, -0.1) is 0 Å². The number of rotatable bonds is 6. The van der Waals surface area contributed by atoms with Crippen molar-refractivity contribution in [3.8, 4) is 5.75 Å². The topological polar surface area (TPSA) is 35.5 Å². The molecule has 1 aromatic rings. The Hall–Kier alpha value is -1.55. The van der Waals surface area contributed by atoms with Crippen molar-refractivity contribution in [3.63, 3.8) is 0 Å². The third-order valence-electron chi connectivity index (χ3n) is 2.09. The highest BCUT2D eigenvalue weighted by Gasteiger charge is 2.45. The van der Waals surface area contributed by atoms with Crippen LogP contribution in [0, 0.1) is 0 Å². The van der Waals surface area contributed by atoms with Gasteiger partial charge >= 0.3 is 18.9 Å². The summed E-state index contributed by atoms with van der Waals surface area (Å²) in [4.78, 5) is 11.4. The van der Waals surface area contributed by atoms with Gasteiger partial charge in [0.25, 0.3) is 5.78 Å². The summed E-state index contributed by atoms with van der Waals surface area (Å²) in [6.45, 7) is -5.56. The van der Waals surface area contributed by atoms with Gasteiger partial charge in [0.15, 0.2) is 0 Å². The average molecular weight is 355 g/mol. The van der Waals surface area contributed by atoms with E-state index in [4.69, 9.17) is 11.6 Å². The average Bonchev–Trinajstić information content (AvgIpc) is 2.34. The van der Waals surface area contributed by atoms with E-state index in [0.717, 1.165) is 6.07 Å². The van der Waals surface area contributed by atoms with Gasteiger partial charge < -0.3 is 9.47 Å². The molecule has 0 spiro atoms. The predicted octanol–water partition coefficient (Wildman–Crippen LogP) is 4.30. The summed E-state index contributed by atoms with van der Waals surface area (Å²) >= 11 is 5.45. The fraction of sp³-hybridized carbons (Fsp3) is 0.364. The van der Waals surface area contributed by atoms with Crippen molar-refractivity contribution in [1.29, 1.82) is 0 Å². The lowest BCUT2D eigenvalue weighted by Crippen LogP contribution is -2.36. The van der Waals surface area contributed by atoms with E-state index >= 15 is 0 Å². The van der Waals surface area contributed by atoms with Crippen LogP contribution < -0.4 is 4.74 Å². The minimum Gasteiger partial charge on any atom is -0.435 e. The zero-order valence-electron chi connectivity index (χ0n) is 10.3. The Morgan fingerprint density at radius 2 is 1.77 bits per heavy atom. The van der Waals surface area contributed by atoms with Gasteiger partial charge in [0.1, 0.15) is 12.4 Å². The first-order valence-electron chi connectivity index (χ1n) is 5.30. The maximum atomic E-state index is 13.2. The first-order chi connectivity index (χ1) is 9.92. The largest absolute Gasteiger partial charge is 0.435 e. The van der Waals surface area contributed by atoms with Crippen LogP contribution in [0.5, 0.6) is 5.75 Å². The first kappa shape index (κ1) is 18.5. The van der Waals surface area contributed by atoms with Crippen molar-refractivity contribution in [3.05, 3.63) is 28.8 Å². The van der Waals surface area contributed by atoms with Crippen LogP contribution in [0.1, 0.15) is 10.4 Å². The molecule has 124 valence electrons. The van der Waals surface area contributed by atoms with Crippen LogP contribution in [0.2, 0.25) is 5.02 Å². The van der Waals surface area contributed by atoms with Crippen LogP contribution in [-0.4, -0.2) is 31.3 Å². The summed E-state index contributed by atoms with van der Waals surface area (Å²) in [5.74, 6) is -2.67. The molecule has 1 rings (SSSR count). The molecule has 0 aliphatic heterocycles. The molecule has 0 heterocycles. The number of ketones is 1. The third-order valence-corrected chi connectivity index (χ3v) is 2.40. The Kier molecular flexibility index (Phi) is 5.63. The summed E-state index contributed by atoms with van der Waals surface area (Å²) in [6.07, 6.45) is -9.85. The zero-order chi connectivity index (χ0) is 17.1. The lowest BCUT2D eigenvalue weighted by atomic mass is 10.1. The Morgan fingerprint density at radius 3 is 2.23 bits per heavy atom. The summed E-state index contributed by atoms with van der Waals surface area (Å²) in [6, 6.07) is 1.97. The fourth-order valence-corrected chi connectivity index (χ4v) is 1.51. The van der Waals surface area contributed by atoms with E-state index < -0.39 is 47.6 Å². The summed E-state index contributed by atoms with van der Waals surface area (Å²) in [5, 5.41) is -0.710. The molecular weight excluding hydrogens is 349 g/mol. The molecule has 0 unspecified atom stereocenters. The maximum Gasteiger partial charge on any atom is 0.421 e. The first-order valence-corrected chi connectivity index (χ1v) is 5.68. The summed E-state index contributed by atoms with van der Waals surface area (Å²) in [7, 11) is 0. The summed E-state index contributed by atoms with van der Waals surface area (Å²) < 4.78 is 93.0. The molecule has 0 atom stereocenters. The highest BCUT2D eigenvalue weighted by Crippen LogP contribution is 2.31. The van der Waals surface area contributed by atoms with E-state index in [-0.39, 0.29) is 0 Å². The molecule has 11 heteroatoms. The van der Waals surface area contributed by atoms with Gasteiger partial charge in [-0.25, -0.2) is 0 Å². The highest BCUT2D eigenvalue weighted by atomic mass is 35.5. The van der Waals surface area contributed by atoms with Crippen LogP contribution >= 0.6 is 11.6 Å². The standard InChI is InChI=1S/C11H6ClF7O3/c12-7-3-5(22-9(13)14)1-2-6(7)8(20)11(18,19)21-4-10(15,16)17/h1-3,9H,4H2. The van der Waals surface area contributed by atoms with E-state index in [1.807, 2.05) is 0 Å². The zero-order valence-corrected chi connectivity index (χ0v) is 11.0. The monoisotopic (exact) mass is 354 g/mol. The molecule has 3 nitrogen and oxygen atoms in total. The van der Waals surface area contributed by atoms with Crippen LogP contribution in [0.25, 0.3) is 0 Å². The molecule has 0 aliphatic carbocycles. The van der Waals surface area contributed by atoms with Gasteiger partial charge in [-0.05, 0) is 18.2 Å². The van der Waals surface area contributed by atoms with Gasteiger partial charge in [0.2, 0.25) is 0 Å². The molecule has 0 aromatic heterocycles. The van der Waals surface area contributed by atoms with E-state index in [1.165, 1.54) is 0 Å². The second kappa shape index (κ2) is 6.69. The lowest BCUT2D eigenvalue weighted by molar-refractivity contribution is -0.261. The molecule has 0 fully saturated rings. The number of benzene rings is 1. The van der Waals surface area contributed by atoms with Gasteiger partial charge in [-0.2, -0.15) is 30.7 Å². The molecule has 0 saturated heterocycles. The lowest BCUT2D eigenvalue weighted by Gasteiger charge is -2.17. The number of hydrogen-bond acceptors (Lipinski definition) is 3. The van der Waals surface area contributed by atoms with Crippen LogP contribution in [-0.2, 0) is 4.74 Å². The molecule has 0 radical (unpaired) electrons. The number of alkyl halides is 7. The molecule has 1 aromatic carbocycles. The summed E-state index contributed by atoms with van der Waals surface area (Å²) in [5.41, 5.74) is -0.907. The number of ether oxygens (including phenoxy) is 2. The molecular formula is C11H6ClF7O3. The van der Waals surface area contributed by atoms with Crippen molar-refractivity contribution in [2.45, 2.75) is 18.9 Å². The smallest absolute Gasteiger partial charge is 0.421 e. The molecule has 0 bridgehead atoms. The Bertz CT molecular complexity index is 545. The Balaban J connectivity index is 2.92. The molecule has 0 amide bonds. The van der Waals surface area contributed by atoms with Crippen molar-refractivity contribution in [2.75, 3.05) is 6.61 Å². The minimum absolute atomic E-state index is 0.518. The second-order valence-electron chi connectivity index (χ2n) is 3.77. The van der Waals surface area contributed by atoms with Crippen molar-refractivity contribution >= 4 is 17.4 Å². The Morgan fingerprint density at radius 1 is 1.18 bits per heavy atom. The third kappa shape index (κ3) is 5.34. The molecule has 0 N–H and O–H groups in total. The van der Waals surface area contributed by atoms with E-state index in [0.29, 0.717) is 12.1 Å². The number of carbonyl (C=O) groups excluding carboxylic acids is 1.